The molecule has 1 aromatic carbocycles. The van der Waals surface area contributed by atoms with Crippen LogP contribution in [-0.2, 0) is 20.9 Å². The fourth-order valence-electron chi connectivity index (χ4n) is 2.76. The van der Waals surface area contributed by atoms with Crippen molar-refractivity contribution in [3.8, 4) is 0 Å². The molecular formula is C18H19N3O5. The van der Waals surface area contributed by atoms with Gasteiger partial charge in [0.15, 0.2) is 0 Å². The number of fused-ring (bicyclic) bond motifs is 3. The van der Waals surface area contributed by atoms with Gasteiger partial charge < -0.3 is 14.5 Å². The second-order valence-electron chi connectivity index (χ2n) is 5.99. The summed E-state index contributed by atoms with van der Waals surface area (Å²) < 4.78 is 11.6. The first kappa shape index (κ1) is 17.7. The molecule has 0 radical (unpaired) electrons. The molecule has 8 nitrogen and oxygen atoms in total. The fraction of sp³-hybridized carbons (Fsp3) is 0.333. The summed E-state index contributed by atoms with van der Waals surface area (Å²) >= 11 is 0. The van der Waals surface area contributed by atoms with Crippen LogP contribution < -0.4 is 10.9 Å². The van der Waals surface area contributed by atoms with Gasteiger partial charge >= 0.3 is 11.6 Å². The van der Waals surface area contributed by atoms with E-state index in [-0.39, 0.29) is 13.2 Å². The molecule has 2 aromatic heterocycles. The van der Waals surface area contributed by atoms with Crippen molar-refractivity contribution in [2.75, 3.05) is 6.61 Å². The van der Waals surface area contributed by atoms with Gasteiger partial charge in [-0.15, -0.1) is 0 Å². The van der Waals surface area contributed by atoms with Gasteiger partial charge in [0, 0.05) is 5.39 Å². The van der Waals surface area contributed by atoms with Gasteiger partial charge in [0.25, 0.3) is 0 Å². The zero-order chi connectivity index (χ0) is 18.8. The highest BCUT2D eigenvalue weighted by atomic mass is 16.5. The van der Waals surface area contributed by atoms with Crippen LogP contribution >= 0.6 is 0 Å². The molecule has 0 saturated heterocycles. The highest BCUT2D eigenvalue weighted by Crippen LogP contribution is 2.23. The van der Waals surface area contributed by atoms with Gasteiger partial charge in [0.2, 0.25) is 5.91 Å². The van der Waals surface area contributed by atoms with E-state index >= 15 is 0 Å². The van der Waals surface area contributed by atoms with Gasteiger partial charge in [0.05, 0.1) is 18.3 Å². The topological polar surface area (TPSA) is 103 Å². The van der Waals surface area contributed by atoms with Crippen LogP contribution in [0.4, 0.5) is 0 Å². The van der Waals surface area contributed by atoms with Crippen molar-refractivity contribution in [1.29, 1.82) is 0 Å². The number of hydrogen-bond acceptors (Lipinski definition) is 6. The SMILES string of the molecule is CCOC(=O)[C@H](C)NC(=O)Cn1ncc2c(=O)oc3ccc(C)cc3c21. The van der Waals surface area contributed by atoms with Crippen molar-refractivity contribution < 1.29 is 18.7 Å². The van der Waals surface area contributed by atoms with Crippen molar-refractivity contribution in [1.82, 2.24) is 15.1 Å². The first-order valence-corrected chi connectivity index (χ1v) is 8.25. The second-order valence-corrected chi connectivity index (χ2v) is 5.99. The maximum absolute atomic E-state index is 12.3. The van der Waals surface area contributed by atoms with Crippen LogP contribution in [0.25, 0.3) is 21.9 Å². The highest BCUT2D eigenvalue weighted by Gasteiger charge is 2.19. The Morgan fingerprint density at radius 1 is 1.35 bits per heavy atom. The van der Waals surface area contributed by atoms with Crippen molar-refractivity contribution in [2.24, 2.45) is 0 Å². The molecule has 3 rings (SSSR count). The lowest BCUT2D eigenvalue weighted by Crippen LogP contribution is -2.41. The smallest absolute Gasteiger partial charge is 0.347 e. The Balaban J connectivity index is 1.95. The number of rotatable bonds is 5. The molecule has 136 valence electrons. The van der Waals surface area contributed by atoms with Gasteiger partial charge in [-0.1, -0.05) is 11.6 Å². The van der Waals surface area contributed by atoms with Crippen LogP contribution in [0, 0.1) is 6.92 Å². The maximum atomic E-state index is 12.3. The van der Waals surface area contributed by atoms with Crippen molar-refractivity contribution in [3.63, 3.8) is 0 Å². The Labute approximate surface area is 148 Å². The molecule has 0 fully saturated rings. The minimum Gasteiger partial charge on any atom is -0.464 e. The summed E-state index contributed by atoms with van der Waals surface area (Å²) in [5, 5.41) is 7.71. The summed E-state index contributed by atoms with van der Waals surface area (Å²) in [4.78, 5) is 36.1. The maximum Gasteiger partial charge on any atom is 0.347 e. The predicted octanol–water partition coefficient (Wildman–Crippen LogP) is 1.52. The molecule has 0 unspecified atom stereocenters. The number of nitrogens with one attached hydrogen (secondary N) is 1. The van der Waals surface area contributed by atoms with E-state index in [2.05, 4.69) is 10.4 Å². The van der Waals surface area contributed by atoms with Crippen molar-refractivity contribution >= 4 is 33.7 Å². The molecule has 0 bridgehead atoms. The number of carbonyl (C=O) groups excluding carboxylic acids is 2. The Morgan fingerprint density at radius 3 is 2.85 bits per heavy atom. The Hall–Kier alpha value is -3.16. The van der Waals surface area contributed by atoms with E-state index < -0.39 is 23.5 Å². The van der Waals surface area contributed by atoms with Crippen molar-refractivity contribution in [2.45, 2.75) is 33.4 Å². The van der Waals surface area contributed by atoms with Crippen LogP contribution in [0.2, 0.25) is 0 Å². The van der Waals surface area contributed by atoms with Crippen LogP contribution in [0.1, 0.15) is 19.4 Å². The molecule has 2 heterocycles. The van der Waals surface area contributed by atoms with E-state index in [1.54, 1.807) is 19.9 Å². The Bertz CT molecular complexity index is 1050. The number of aryl methyl sites for hydroxylation is 1. The largest absolute Gasteiger partial charge is 0.464 e. The third-order valence-electron chi connectivity index (χ3n) is 3.96. The van der Waals surface area contributed by atoms with E-state index in [4.69, 9.17) is 9.15 Å². The molecule has 0 aliphatic carbocycles. The monoisotopic (exact) mass is 357 g/mol. The van der Waals surface area contributed by atoms with Crippen LogP contribution in [0.15, 0.2) is 33.6 Å². The number of hydrogen-bond donors (Lipinski definition) is 1. The number of aromatic nitrogens is 2. The summed E-state index contributed by atoms with van der Waals surface area (Å²) in [6, 6.07) is 4.66. The standard InChI is InChI=1S/C18H19N3O5/c1-4-25-17(23)11(3)20-15(22)9-21-16-12-7-10(2)5-6-14(12)26-18(24)13(16)8-19-21/h5-8,11H,4,9H2,1-3H3,(H,20,22)/t11-/m0/s1. The van der Waals surface area contributed by atoms with Gasteiger partial charge in [-0.25, -0.2) is 9.59 Å². The molecule has 1 atom stereocenters. The summed E-state index contributed by atoms with van der Waals surface area (Å²) in [7, 11) is 0. The van der Waals surface area contributed by atoms with E-state index in [0.717, 1.165) is 5.56 Å². The first-order valence-electron chi connectivity index (χ1n) is 8.25. The number of carbonyl (C=O) groups is 2. The first-order chi connectivity index (χ1) is 12.4. The van der Waals surface area contributed by atoms with Crippen LogP contribution in [0.3, 0.4) is 0 Å². The van der Waals surface area contributed by atoms with E-state index in [9.17, 15) is 14.4 Å². The average Bonchev–Trinajstić information content (AvgIpc) is 3.00. The molecule has 1 N–H and O–H groups in total. The minimum absolute atomic E-state index is 0.139. The Kier molecular flexibility index (Phi) is 4.75. The zero-order valence-electron chi connectivity index (χ0n) is 14.7. The normalized spacial score (nSPS) is 12.3. The lowest BCUT2D eigenvalue weighted by molar-refractivity contribution is -0.146. The quantitative estimate of drug-likeness (QED) is 0.548. The molecule has 0 aliphatic rings. The molecule has 0 spiro atoms. The average molecular weight is 357 g/mol. The molecule has 8 heteroatoms. The lowest BCUT2D eigenvalue weighted by Gasteiger charge is -2.13. The molecule has 0 aliphatic heterocycles. The van der Waals surface area contributed by atoms with Crippen molar-refractivity contribution in [3.05, 3.63) is 40.4 Å². The van der Waals surface area contributed by atoms with Crippen LogP contribution in [-0.4, -0.2) is 34.3 Å². The minimum atomic E-state index is -0.770. The molecule has 1 amide bonds. The third-order valence-corrected chi connectivity index (χ3v) is 3.96. The summed E-state index contributed by atoms with van der Waals surface area (Å²) in [5.41, 5.74) is 1.43. The van der Waals surface area contributed by atoms with Gasteiger partial charge in [-0.3, -0.25) is 9.48 Å². The van der Waals surface area contributed by atoms with Crippen LogP contribution in [0.5, 0.6) is 0 Å². The summed E-state index contributed by atoms with van der Waals surface area (Å²) in [6.07, 6.45) is 1.38. The van der Waals surface area contributed by atoms with E-state index in [1.165, 1.54) is 10.9 Å². The van der Waals surface area contributed by atoms with E-state index in [1.807, 2.05) is 19.1 Å². The molecule has 26 heavy (non-hydrogen) atoms. The highest BCUT2D eigenvalue weighted by molar-refractivity contribution is 6.02. The Morgan fingerprint density at radius 2 is 2.12 bits per heavy atom. The van der Waals surface area contributed by atoms with E-state index in [0.29, 0.717) is 21.9 Å². The van der Waals surface area contributed by atoms with Gasteiger partial charge in [-0.2, -0.15) is 5.10 Å². The number of amides is 1. The summed E-state index contributed by atoms with van der Waals surface area (Å²) in [5.74, 6) is -0.919. The number of ether oxygens (including phenoxy) is 1. The van der Waals surface area contributed by atoms with Gasteiger partial charge in [-0.05, 0) is 32.9 Å². The number of benzene rings is 1. The second kappa shape index (κ2) is 6.99. The molecule has 0 saturated carbocycles. The number of esters is 1. The van der Waals surface area contributed by atoms with Gasteiger partial charge in [0.1, 0.15) is 23.6 Å². The zero-order valence-corrected chi connectivity index (χ0v) is 14.7. The molecular weight excluding hydrogens is 338 g/mol. The fourth-order valence-corrected chi connectivity index (χ4v) is 2.76. The lowest BCUT2D eigenvalue weighted by atomic mass is 10.1. The summed E-state index contributed by atoms with van der Waals surface area (Å²) in [6.45, 7) is 5.26. The number of nitrogens with zero attached hydrogens (tertiary/aromatic N) is 2. The third kappa shape index (κ3) is 3.30. The predicted molar refractivity (Wildman–Crippen MR) is 94.7 cm³/mol. The molecule has 3 aromatic rings.